The molecule has 0 aliphatic heterocycles. The number of hydrogen-bond donors (Lipinski definition) is 1. The van der Waals surface area contributed by atoms with Crippen molar-refractivity contribution in [2.75, 3.05) is 13.2 Å². The van der Waals surface area contributed by atoms with Crippen molar-refractivity contribution in [3.63, 3.8) is 0 Å². The molecular weight excluding hydrogens is 401 g/mol. The fourth-order valence-corrected chi connectivity index (χ4v) is 2.84. The molecule has 28 heavy (non-hydrogen) atoms. The molecule has 1 heterocycles. The van der Waals surface area contributed by atoms with E-state index < -0.39 is 5.97 Å². The summed E-state index contributed by atoms with van der Waals surface area (Å²) in [6.45, 7) is 4.57. The molecule has 150 valence electrons. The highest BCUT2D eigenvalue weighted by Gasteiger charge is 2.12. The Morgan fingerprint density at radius 3 is 2.64 bits per heavy atom. The van der Waals surface area contributed by atoms with E-state index in [9.17, 15) is 9.59 Å². The number of aryl methyl sites for hydroxylation is 1. The quantitative estimate of drug-likeness (QED) is 0.375. The molecule has 2 aromatic rings. The minimum atomic E-state index is -0.619. The zero-order chi connectivity index (χ0) is 20.5. The van der Waals surface area contributed by atoms with Gasteiger partial charge < -0.3 is 10.1 Å². The number of carbonyl (C=O) groups is 2. The number of amides is 1. The third kappa shape index (κ3) is 6.69. The second-order valence-corrected chi connectivity index (χ2v) is 7.01. The summed E-state index contributed by atoms with van der Waals surface area (Å²) in [5.41, 5.74) is 2.30. The smallest absolute Gasteiger partial charge is 0.331 e. The first kappa shape index (κ1) is 22.0. The van der Waals surface area contributed by atoms with Crippen LogP contribution >= 0.6 is 23.2 Å². The number of ether oxygens (including phenoxy) is 1. The van der Waals surface area contributed by atoms with Crippen molar-refractivity contribution in [2.24, 2.45) is 0 Å². The summed E-state index contributed by atoms with van der Waals surface area (Å²) in [5, 5.41) is 8.15. The van der Waals surface area contributed by atoms with Crippen LogP contribution in [0.25, 0.3) is 6.08 Å². The topological polar surface area (TPSA) is 73.2 Å². The van der Waals surface area contributed by atoms with Gasteiger partial charge in [-0.3, -0.25) is 4.79 Å². The van der Waals surface area contributed by atoms with Gasteiger partial charge in [0.1, 0.15) is 5.15 Å². The van der Waals surface area contributed by atoms with Crippen LogP contribution in [0.4, 0.5) is 0 Å². The SMILES string of the molecule is CCCCNC(=O)COC(=O)/C=C/c1c(C)nn(Cc2ccc(Cl)cc2)c1Cl. The average Bonchev–Trinajstić information content (AvgIpc) is 2.93. The number of unbranched alkanes of at least 4 members (excludes halogenated alkanes) is 1. The number of hydrogen-bond acceptors (Lipinski definition) is 4. The van der Waals surface area contributed by atoms with E-state index >= 15 is 0 Å². The van der Waals surface area contributed by atoms with Gasteiger partial charge in [0.2, 0.25) is 0 Å². The van der Waals surface area contributed by atoms with Crippen molar-refractivity contribution in [3.05, 3.63) is 57.3 Å². The van der Waals surface area contributed by atoms with Gasteiger partial charge in [0.05, 0.1) is 12.2 Å². The number of rotatable bonds is 9. The summed E-state index contributed by atoms with van der Waals surface area (Å²) in [6, 6.07) is 7.40. The van der Waals surface area contributed by atoms with Crippen LogP contribution < -0.4 is 5.32 Å². The zero-order valence-corrected chi connectivity index (χ0v) is 17.4. The average molecular weight is 424 g/mol. The molecule has 0 aliphatic rings. The predicted molar refractivity (Wildman–Crippen MR) is 110 cm³/mol. The van der Waals surface area contributed by atoms with E-state index in [-0.39, 0.29) is 12.5 Å². The molecule has 6 nitrogen and oxygen atoms in total. The molecule has 0 aliphatic carbocycles. The Labute approximate surface area is 174 Å². The fraction of sp³-hybridized carbons (Fsp3) is 0.350. The molecule has 0 saturated heterocycles. The summed E-state index contributed by atoms with van der Waals surface area (Å²) in [5.74, 6) is -0.938. The van der Waals surface area contributed by atoms with E-state index in [1.807, 2.05) is 19.1 Å². The molecule has 0 radical (unpaired) electrons. The highest BCUT2D eigenvalue weighted by atomic mass is 35.5. The summed E-state index contributed by atoms with van der Waals surface area (Å²) in [7, 11) is 0. The molecule has 2 rings (SSSR count). The molecule has 0 atom stereocenters. The minimum absolute atomic E-state index is 0.310. The van der Waals surface area contributed by atoms with E-state index in [0.29, 0.717) is 34.5 Å². The van der Waals surface area contributed by atoms with Crippen molar-refractivity contribution < 1.29 is 14.3 Å². The number of aromatic nitrogens is 2. The van der Waals surface area contributed by atoms with E-state index in [4.69, 9.17) is 27.9 Å². The highest BCUT2D eigenvalue weighted by molar-refractivity contribution is 6.31. The zero-order valence-electron chi connectivity index (χ0n) is 15.9. The number of nitrogens with one attached hydrogen (secondary N) is 1. The van der Waals surface area contributed by atoms with Gasteiger partial charge in [0, 0.05) is 23.2 Å². The molecule has 0 unspecified atom stereocenters. The Kier molecular flexibility index (Phi) is 8.54. The lowest BCUT2D eigenvalue weighted by atomic mass is 10.2. The second-order valence-electron chi connectivity index (χ2n) is 6.22. The minimum Gasteiger partial charge on any atom is -0.452 e. The van der Waals surface area contributed by atoms with Gasteiger partial charge in [0.15, 0.2) is 6.61 Å². The van der Waals surface area contributed by atoms with Gasteiger partial charge in [-0.05, 0) is 37.1 Å². The van der Waals surface area contributed by atoms with Crippen LogP contribution in [0.15, 0.2) is 30.3 Å². The Morgan fingerprint density at radius 2 is 1.96 bits per heavy atom. The lowest BCUT2D eigenvalue weighted by Gasteiger charge is -2.04. The first-order valence-electron chi connectivity index (χ1n) is 8.99. The summed E-state index contributed by atoms with van der Waals surface area (Å²) < 4.78 is 6.57. The summed E-state index contributed by atoms with van der Waals surface area (Å²) in [6.07, 6.45) is 4.65. The maximum atomic E-state index is 11.8. The molecule has 0 fully saturated rings. The van der Waals surface area contributed by atoms with Gasteiger partial charge in [-0.25, -0.2) is 9.48 Å². The molecule has 1 amide bonds. The molecule has 1 aromatic carbocycles. The lowest BCUT2D eigenvalue weighted by Crippen LogP contribution is -2.29. The highest BCUT2D eigenvalue weighted by Crippen LogP contribution is 2.22. The Bertz CT molecular complexity index is 845. The molecule has 8 heteroatoms. The van der Waals surface area contributed by atoms with E-state index in [1.54, 1.807) is 29.8 Å². The monoisotopic (exact) mass is 423 g/mol. The number of benzene rings is 1. The maximum absolute atomic E-state index is 11.8. The molecule has 1 aromatic heterocycles. The predicted octanol–water partition coefficient (Wildman–Crippen LogP) is 4.02. The van der Waals surface area contributed by atoms with Crippen LogP contribution in [0.1, 0.15) is 36.6 Å². The molecular formula is C20H23Cl2N3O3. The fourth-order valence-electron chi connectivity index (χ4n) is 2.42. The molecule has 1 N–H and O–H groups in total. The van der Waals surface area contributed by atoms with Crippen LogP contribution in [-0.2, 0) is 20.9 Å². The molecule has 0 bridgehead atoms. The Hall–Kier alpha value is -2.31. The van der Waals surface area contributed by atoms with Gasteiger partial charge >= 0.3 is 5.97 Å². The number of nitrogens with zero attached hydrogens (tertiary/aromatic N) is 2. The second kappa shape index (κ2) is 10.9. The maximum Gasteiger partial charge on any atom is 0.331 e. The van der Waals surface area contributed by atoms with Crippen molar-refractivity contribution in [1.82, 2.24) is 15.1 Å². The first-order chi connectivity index (χ1) is 13.4. The van der Waals surface area contributed by atoms with Crippen LogP contribution in [0.3, 0.4) is 0 Å². The van der Waals surface area contributed by atoms with Gasteiger partial charge in [-0.2, -0.15) is 5.10 Å². The largest absolute Gasteiger partial charge is 0.452 e. The number of carbonyl (C=O) groups excluding carboxylic acids is 2. The molecule has 0 spiro atoms. The van der Waals surface area contributed by atoms with Gasteiger partial charge in [0.25, 0.3) is 5.91 Å². The molecule has 0 saturated carbocycles. The van der Waals surface area contributed by atoms with E-state index in [2.05, 4.69) is 10.4 Å². The van der Waals surface area contributed by atoms with Crippen LogP contribution in [0.2, 0.25) is 10.2 Å². The third-order valence-electron chi connectivity index (χ3n) is 3.94. The van der Waals surface area contributed by atoms with Crippen molar-refractivity contribution >= 4 is 41.2 Å². The summed E-state index contributed by atoms with van der Waals surface area (Å²) in [4.78, 5) is 23.4. The number of esters is 1. The van der Waals surface area contributed by atoms with E-state index in [0.717, 1.165) is 18.4 Å². The van der Waals surface area contributed by atoms with Crippen LogP contribution in [0, 0.1) is 6.92 Å². The first-order valence-corrected chi connectivity index (χ1v) is 9.75. The van der Waals surface area contributed by atoms with Gasteiger partial charge in [-0.1, -0.05) is 48.7 Å². The lowest BCUT2D eigenvalue weighted by molar-refractivity contribution is -0.143. The van der Waals surface area contributed by atoms with Gasteiger partial charge in [-0.15, -0.1) is 0 Å². The normalized spacial score (nSPS) is 11.0. The van der Waals surface area contributed by atoms with Crippen molar-refractivity contribution in [3.8, 4) is 0 Å². The number of halogens is 2. The van der Waals surface area contributed by atoms with Crippen molar-refractivity contribution in [1.29, 1.82) is 0 Å². The summed E-state index contributed by atoms with van der Waals surface area (Å²) >= 11 is 12.3. The standard InChI is InChI=1S/C20H23Cl2N3O3/c1-3-4-11-23-18(26)13-28-19(27)10-9-17-14(2)24-25(20(17)22)12-15-5-7-16(21)8-6-15/h5-10H,3-4,11-13H2,1-2H3,(H,23,26)/b10-9+. The van der Waals surface area contributed by atoms with Crippen LogP contribution in [0.5, 0.6) is 0 Å². The van der Waals surface area contributed by atoms with E-state index in [1.165, 1.54) is 6.08 Å². The third-order valence-corrected chi connectivity index (χ3v) is 4.59. The Balaban J connectivity index is 1.94. The van der Waals surface area contributed by atoms with Crippen LogP contribution in [-0.4, -0.2) is 34.8 Å². The Morgan fingerprint density at radius 1 is 1.25 bits per heavy atom. The van der Waals surface area contributed by atoms with Crippen molar-refractivity contribution in [2.45, 2.75) is 33.2 Å².